The van der Waals surface area contributed by atoms with E-state index in [0.717, 1.165) is 0 Å². The largest absolute Gasteiger partial charge is 0.375 e. The topological polar surface area (TPSA) is 192 Å². The van der Waals surface area contributed by atoms with Crippen molar-refractivity contribution in [1.29, 1.82) is 0 Å². The van der Waals surface area contributed by atoms with Crippen molar-refractivity contribution in [1.82, 2.24) is 10.2 Å². The molecule has 0 radical (unpaired) electrons. The van der Waals surface area contributed by atoms with Crippen LogP contribution >= 0.6 is 67.8 Å². The van der Waals surface area contributed by atoms with Gasteiger partial charge in [0.25, 0.3) is 11.8 Å². The highest BCUT2D eigenvalue weighted by Crippen LogP contribution is 2.36. The molecule has 0 saturated carbocycles. The number of nitrogens with two attached hydrogens (primary N) is 4. The van der Waals surface area contributed by atoms with E-state index in [0.29, 0.717) is 16.4 Å². The van der Waals surface area contributed by atoms with E-state index in [1.165, 1.54) is 12.0 Å². The summed E-state index contributed by atoms with van der Waals surface area (Å²) in [4.78, 5) is 40.0. The summed E-state index contributed by atoms with van der Waals surface area (Å²) in [6.07, 6.45) is 0. The molecular formula is C18H28I3N7O4. The number of anilines is 1. The Balaban J connectivity index is 3.57. The minimum atomic E-state index is -0.434. The van der Waals surface area contributed by atoms with Crippen LogP contribution in [0.4, 0.5) is 5.69 Å². The molecule has 0 aliphatic heterocycles. The van der Waals surface area contributed by atoms with Gasteiger partial charge in [0.15, 0.2) is 0 Å². The third-order valence-corrected chi connectivity index (χ3v) is 7.52. The van der Waals surface area contributed by atoms with Crippen molar-refractivity contribution < 1.29 is 19.1 Å². The Morgan fingerprint density at radius 1 is 1.00 bits per heavy atom. The lowest BCUT2D eigenvalue weighted by molar-refractivity contribution is -0.119. The van der Waals surface area contributed by atoms with Crippen LogP contribution < -0.4 is 33.6 Å². The van der Waals surface area contributed by atoms with E-state index < -0.39 is 23.9 Å². The SMILES string of the molecule is COCC(=O)Nc1c(I)c(C(=O)NCC(N)CN)c(I)c(C(=O)N(C)CC(N)CN)c1I. The van der Waals surface area contributed by atoms with Crippen molar-refractivity contribution in [3.63, 3.8) is 0 Å². The molecule has 0 spiro atoms. The number of benzene rings is 1. The maximum Gasteiger partial charge on any atom is 0.255 e. The maximum atomic E-state index is 13.3. The van der Waals surface area contributed by atoms with Crippen LogP contribution in [0, 0.1) is 10.7 Å². The van der Waals surface area contributed by atoms with E-state index in [9.17, 15) is 14.4 Å². The normalized spacial score (nSPS) is 12.8. The summed E-state index contributed by atoms with van der Waals surface area (Å²) >= 11 is 5.93. The molecule has 2 atom stereocenters. The lowest BCUT2D eigenvalue weighted by atomic mass is 10.1. The van der Waals surface area contributed by atoms with Gasteiger partial charge in [0.2, 0.25) is 5.91 Å². The summed E-state index contributed by atoms with van der Waals surface area (Å²) < 4.78 is 6.30. The van der Waals surface area contributed by atoms with Gasteiger partial charge in [0.05, 0.1) is 24.0 Å². The number of rotatable bonds is 11. The quantitative estimate of drug-likeness (QED) is 0.161. The third-order valence-electron chi connectivity index (χ3n) is 4.28. The van der Waals surface area contributed by atoms with Gasteiger partial charge < -0.3 is 43.2 Å². The maximum absolute atomic E-state index is 13.3. The molecule has 0 bridgehead atoms. The Kier molecular flexibility index (Phi) is 13.1. The number of ether oxygens (including phenoxy) is 1. The van der Waals surface area contributed by atoms with E-state index in [-0.39, 0.29) is 49.8 Å². The molecule has 10 N–H and O–H groups in total. The highest BCUT2D eigenvalue weighted by atomic mass is 127. The van der Waals surface area contributed by atoms with Crippen molar-refractivity contribution in [3.8, 4) is 0 Å². The van der Waals surface area contributed by atoms with E-state index >= 15 is 0 Å². The highest BCUT2D eigenvalue weighted by Gasteiger charge is 2.30. The van der Waals surface area contributed by atoms with Crippen molar-refractivity contribution in [2.24, 2.45) is 22.9 Å². The van der Waals surface area contributed by atoms with E-state index in [1.54, 1.807) is 7.05 Å². The van der Waals surface area contributed by atoms with E-state index in [1.807, 2.05) is 67.8 Å². The number of hydrogen-bond acceptors (Lipinski definition) is 8. The number of amides is 3. The average molecular weight is 787 g/mol. The zero-order valence-corrected chi connectivity index (χ0v) is 24.2. The number of hydrogen-bond donors (Lipinski definition) is 6. The molecule has 1 rings (SSSR count). The van der Waals surface area contributed by atoms with Crippen LogP contribution in [-0.4, -0.2) is 81.6 Å². The standard InChI is InChI=1S/C18H28I3N7O4/c1-28(6-9(25)4-23)18(31)12-13(19)11(17(30)26-5-8(24)3-22)14(20)16(15(12)21)27-10(29)7-32-2/h8-9H,3-7,22-25H2,1-2H3,(H,26,30)(H,27,29). The fourth-order valence-electron chi connectivity index (χ4n) is 2.56. The van der Waals surface area contributed by atoms with Crippen LogP contribution in [0.2, 0.25) is 0 Å². The summed E-state index contributed by atoms with van der Waals surface area (Å²) in [5.74, 6) is -1.20. The summed E-state index contributed by atoms with van der Waals surface area (Å²) in [5, 5.41) is 5.48. The van der Waals surface area contributed by atoms with Gasteiger partial charge in [0, 0.05) is 56.0 Å². The highest BCUT2D eigenvalue weighted by molar-refractivity contribution is 14.1. The van der Waals surface area contributed by atoms with Crippen molar-refractivity contribution >= 4 is 91.2 Å². The van der Waals surface area contributed by atoms with Gasteiger partial charge in [-0.3, -0.25) is 14.4 Å². The lowest BCUT2D eigenvalue weighted by Crippen LogP contribution is -2.44. The fraction of sp³-hybridized carbons (Fsp3) is 0.500. The minimum Gasteiger partial charge on any atom is -0.375 e. The van der Waals surface area contributed by atoms with Gasteiger partial charge in [-0.15, -0.1) is 0 Å². The molecule has 14 heteroatoms. The fourth-order valence-corrected chi connectivity index (χ4v) is 6.95. The molecule has 0 heterocycles. The molecule has 0 saturated heterocycles. The van der Waals surface area contributed by atoms with Crippen LogP contribution in [-0.2, 0) is 9.53 Å². The Hall–Kier alpha value is -0.380. The number of likely N-dealkylation sites (N-methyl/N-ethyl adjacent to an activating group) is 1. The number of carbonyl (C=O) groups excluding carboxylic acids is 3. The number of halogens is 3. The molecule has 1 aromatic carbocycles. The average Bonchev–Trinajstić information content (AvgIpc) is 2.74. The summed E-state index contributed by atoms with van der Waals surface area (Å²) in [7, 11) is 3.00. The second kappa shape index (κ2) is 14.1. The molecular weight excluding hydrogens is 759 g/mol. The Labute approximate surface area is 227 Å². The number of nitrogens with one attached hydrogen (secondary N) is 2. The Morgan fingerprint density at radius 3 is 2.09 bits per heavy atom. The van der Waals surface area contributed by atoms with Gasteiger partial charge >= 0.3 is 0 Å². The molecule has 180 valence electrons. The lowest BCUT2D eigenvalue weighted by Gasteiger charge is -2.24. The summed E-state index contributed by atoms with van der Waals surface area (Å²) in [6.45, 7) is 0.625. The molecule has 0 fully saturated rings. The molecule has 3 amide bonds. The van der Waals surface area contributed by atoms with Crippen molar-refractivity contribution in [2.45, 2.75) is 12.1 Å². The van der Waals surface area contributed by atoms with Gasteiger partial charge in [-0.1, -0.05) is 0 Å². The molecule has 0 aromatic heterocycles. The van der Waals surface area contributed by atoms with Gasteiger partial charge in [-0.05, 0) is 67.8 Å². The van der Waals surface area contributed by atoms with E-state index in [2.05, 4.69) is 10.6 Å². The molecule has 32 heavy (non-hydrogen) atoms. The molecule has 0 aliphatic rings. The molecule has 0 aliphatic carbocycles. The predicted molar refractivity (Wildman–Crippen MR) is 148 cm³/mol. The number of methoxy groups -OCH3 is 1. The zero-order chi connectivity index (χ0) is 24.6. The van der Waals surface area contributed by atoms with Crippen LogP contribution in [0.25, 0.3) is 0 Å². The first-order chi connectivity index (χ1) is 15.0. The summed E-state index contributed by atoms with van der Waals surface area (Å²) in [6, 6.07) is -0.812. The van der Waals surface area contributed by atoms with Crippen LogP contribution in [0.5, 0.6) is 0 Å². The summed E-state index contributed by atoms with van der Waals surface area (Å²) in [5.41, 5.74) is 23.7. The van der Waals surface area contributed by atoms with Gasteiger partial charge in [-0.25, -0.2) is 0 Å². The van der Waals surface area contributed by atoms with Crippen LogP contribution in [0.3, 0.4) is 0 Å². The Bertz CT molecular complexity index is 857. The van der Waals surface area contributed by atoms with Gasteiger partial charge in [-0.2, -0.15) is 0 Å². The molecule has 11 nitrogen and oxygen atoms in total. The minimum absolute atomic E-state index is 0.160. The second-order valence-corrected chi connectivity index (χ2v) is 10.2. The second-order valence-electron chi connectivity index (χ2n) is 6.94. The van der Waals surface area contributed by atoms with Gasteiger partial charge in [0.1, 0.15) is 6.61 Å². The molecule has 1 aromatic rings. The van der Waals surface area contributed by atoms with Crippen LogP contribution in [0.1, 0.15) is 20.7 Å². The van der Waals surface area contributed by atoms with Crippen LogP contribution in [0.15, 0.2) is 0 Å². The third kappa shape index (κ3) is 7.84. The first kappa shape index (κ1) is 29.7. The monoisotopic (exact) mass is 787 g/mol. The number of carbonyl (C=O) groups is 3. The van der Waals surface area contributed by atoms with Crippen molar-refractivity contribution in [3.05, 3.63) is 21.8 Å². The Morgan fingerprint density at radius 2 is 1.56 bits per heavy atom. The smallest absolute Gasteiger partial charge is 0.255 e. The number of nitrogens with zero attached hydrogens (tertiary/aromatic N) is 1. The first-order valence-electron chi connectivity index (χ1n) is 9.44. The predicted octanol–water partition coefficient (Wildman–Crippen LogP) is -0.541. The van der Waals surface area contributed by atoms with Crippen molar-refractivity contribution in [2.75, 3.05) is 52.3 Å². The zero-order valence-electron chi connectivity index (χ0n) is 17.7. The first-order valence-corrected chi connectivity index (χ1v) is 12.7. The molecule has 2 unspecified atom stereocenters. The van der Waals surface area contributed by atoms with E-state index in [4.69, 9.17) is 27.7 Å².